The van der Waals surface area contributed by atoms with Gasteiger partial charge >= 0.3 is 5.97 Å². The van der Waals surface area contributed by atoms with E-state index in [1.54, 1.807) is 17.8 Å². The maximum atomic E-state index is 11.3. The average molecular weight is 298 g/mol. The Bertz CT molecular complexity index is 688. The maximum Gasteiger partial charge on any atom is 0.332 e. The van der Waals surface area contributed by atoms with Crippen LogP contribution in [0.15, 0.2) is 43.4 Å². The molecule has 2 rings (SSSR count). The van der Waals surface area contributed by atoms with Crippen LogP contribution >= 0.6 is 0 Å². The largest absolute Gasteiger partial charge is 0.438 e. The van der Waals surface area contributed by atoms with Gasteiger partial charge in [0.2, 0.25) is 0 Å². The lowest BCUT2D eigenvalue weighted by atomic mass is 9.92. The molecule has 4 heteroatoms. The molecule has 4 nitrogen and oxygen atoms in total. The van der Waals surface area contributed by atoms with Gasteiger partial charge in [-0.05, 0) is 37.5 Å². The number of nitrogens with zero attached hydrogens (tertiary/aromatic N) is 2. The van der Waals surface area contributed by atoms with E-state index in [1.165, 1.54) is 16.7 Å². The highest BCUT2D eigenvalue weighted by Crippen LogP contribution is 2.27. The number of hydrogen-bond donors (Lipinski definition) is 0. The summed E-state index contributed by atoms with van der Waals surface area (Å²) in [6.45, 7) is 11.6. The molecule has 1 heterocycles. The Morgan fingerprint density at radius 1 is 1.36 bits per heavy atom. The summed E-state index contributed by atoms with van der Waals surface area (Å²) >= 11 is 0. The number of aryl methyl sites for hydroxylation is 1. The maximum absolute atomic E-state index is 11.3. The summed E-state index contributed by atoms with van der Waals surface area (Å²) in [5, 5.41) is 0. The Labute approximate surface area is 131 Å². The molecule has 0 aliphatic carbocycles. The van der Waals surface area contributed by atoms with E-state index in [9.17, 15) is 4.79 Å². The minimum absolute atomic E-state index is 0.184. The van der Waals surface area contributed by atoms with Gasteiger partial charge in [-0.3, -0.25) is 0 Å². The zero-order valence-corrected chi connectivity index (χ0v) is 13.5. The molecular formula is C18H22N2O2. The highest BCUT2D eigenvalue weighted by atomic mass is 16.6. The van der Waals surface area contributed by atoms with E-state index in [1.807, 2.05) is 6.20 Å². The van der Waals surface area contributed by atoms with Gasteiger partial charge < -0.3 is 9.30 Å². The summed E-state index contributed by atoms with van der Waals surface area (Å²) in [6, 6.07) is 6.31. The number of aromatic nitrogens is 2. The van der Waals surface area contributed by atoms with Crippen LogP contribution in [0.4, 0.5) is 0 Å². The van der Waals surface area contributed by atoms with Gasteiger partial charge in [0.1, 0.15) is 0 Å². The van der Waals surface area contributed by atoms with E-state index in [0.717, 1.165) is 11.8 Å². The van der Waals surface area contributed by atoms with Crippen molar-refractivity contribution in [3.8, 4) is 0 Å². The van der Waals surface area contributed by atoms with Crippen molar-refractivity contribution in [2.24, 2.45) is 0 Å². The smallest absolute Gasteiger partial charge is 0.332 e. The Hall–Kier alpha value is -2.36. The Morgan fingerprint density at radius 3 is 2.77 bits per heavy atom. The molecule has 0 spiro atoms. The molecule has 1 aromatic carbocycles. The van der Waals surface area contributed by atoms with Crippen LogP contribution in [0.5, 0.6) is 0 Å². The molecule has 0 aliphatic rings. The fraction of sp³-hybridized carbons (Fsp3) is 0.333. The molecule has 0 N–H and O–H groups in total. The van der Waals surface area contributed by atoms with Gasteiger partial charge in [-0.2, -0.15) is 0 Å². The summed E-state index contributed by atoms with van der Waals surface area (Å²) in [6.07, 6.45) is 4.37. The normalized spacial score (nSPS) is 13.5. The summed E-state index contributed by atoms with van der Waals surface area (Å²) in [4.78, 5) is 15.7. The minimum atomic E-state index is -0.440. The Balaban J connectivity index is 2.22. The quantitative estimate of drug-likeness (QED) is 0.621. The number of benzene rings is 1. The third kappa shape index (κ3) is 3.27. The predicted octanol–water partition coefficient (Wildman–Crippen LogP) is 3.90. The molecule has 0 amide bonds. The van der Waals surface area contributed by atoms with Crippen LogP contribution in [0, 0.1) is 13.8 Å². The third-order valence-corrected chi connectivity index (χ3v) is 4.05. The molecule has 0 radical (unpaired) electrons. The number of hydrogen-bond acceptors (Lipinski definition) is 3. The van der Waals surface area contributed by atoms with Crippen LogP contribution in [-0.4, -0.2) is 15.5 Å². The van der Waals surface area contributed by atoms with Crippen LogP contribution in [0.2, 0.25) is 0 Å². The second-order valence-corrected chi connectivity index (χ2v) is 5.50. The molecule has 2 atom stereocenters. The monoisotopic (exact) mass is 298 g/mol. The van der Waals surface area contributed by atoms with Crippen LogP contribution in [0.1, 0.15) is 48.4 Å². The van der Waals surface area contributed by atoms with Gasteiger partial charge in [0, 0.05) is 18.2 Å². The summed E-state index contributed by atoms with van der Waals surface area (Å²) < 4.78 is 6.98. The van der Waals surface area contributed by atoms with Crippen LogP contribution in [-0.2, 0) is 9.53 Å². The zero-order chi connectivity index (χ0) is 16.3. The molecule has 22 heavy (non-hydrogen) atoms. The summed E-state index contributed by atoms with van der Waals surface area (Å²) in [7, 11) is 0. The Kier molecular flexibility index (Phi) is 4.81. The summed E-state index contributed by atoms with van der Waals surface area (Å²) in [5.41, 5.74) is 4.78. The minimum Gasteiger partial charge on any atom is -0.438 e. The SMILES string of the molecule is C=CC(=O)OC(C)n1cnc([C@@H](C)c2cccc(C)c2C)c1. The molecule has 0 bridgehead atoms. The van der Waals surface area contributed by atoms with E-state index in [0.29, 0.717) is 0 Å². The highest BCUT2D eigenvalue weighted by molar-refractivity contribution is 5.81. The predicted molar refractivity (Wildman–Crippen MR) is 86.7 cm³/mol. The summed E-state index contributed by atoms with van der Waals surface area (Å²) in [5.74, 6) is -0.256. The first kappa shape index (κ1) is 16.0. The molecule has 1 unspecified atom stereocenters. The molecule has 116 valence electrons. The van der Waals surface area contributed by atoms with Crippen molar-refractivity contribution in [1.82, 2.24) is 9.55 Å². The lowest BCUT2D eigenvalue weighted by Gasteiger charge is -2.15. The first-order chi connectivity index (χ1) is 10.4. The Morgan fingerprint density at radius 2 is 2.09 bits per heavy atom. The van der Waals surface area contributed by atoms with Gasteiger partial charge in [-0.1, -0.05) is 31.7 Å². The fourth-order valence-corrected chi connectivity index (χ4v) is 2.45. The number of esters is 1. The molecular weight excluding hydrogens is 276 g/mol. The van der Waals surface area contributed by atoms with E-state index < -0.39 is 12.2 Å². The number of ether oxygens (including phenoxy) is 1. The molecule has 0 saturated heterocycles. The number of carbonyl (C=O) groups is 1. The molecule has 2 aromatic rings. The van der Waals surface area contributed by atoms with E-state index >= 15 is 0 Å². The zero-order valence-electron chi connectivity index (χ0n) is 13.5. The lowest BCUT2D eigenvalue weighted by molar-refractivity contribution is -0.146. The van der Waals surface area contributed by atoms with Crippen LogP contribution in [0.25, 0.3) is 0 Å². The first-order valence-electron chi connectivity index (χ1n) is 7.36. The average Bonchev–Trinajstić information content (AvgIpc) is 2.99. The number of carbonyl (C=O) groups excluding carboxylic acids is 1. The number of imidazole rings is 1. The van der Waals surface area contributed by atoms with Gasteiger partial charge in [-0.15, -0.1) is 0 Å². The third-order valence-electron chi connectivity index (χ3n) is 4.05. The molecule has 0 fully saturated rings. The van der Waals surface area contributed by atoms with Crippen LogP contribution < -0.4 is 0 Å². The van der Waals surface area contributed by atoms with Crippen molar-refractivity contribution >= 4 is 5.97 Å². The van der Waals surface area contributed by atoms with Gasteiger partial charge in [-0.25, -0.2) is 9.78 Å². The van der Waals surface area contributed by atoms with Gasteiger partial charge in [0.25, 0.3) is 0 Å². The van der Waals surface area contributed by atoms with E-state index in [-0.39, 0.29) is 5.92 Å². The van der Waals surface area contributed by atoms with E-state index in [2.05, 4.69) is 50.5 Å². The molecule has 1 aromatic heterocycles. The second-order valence-electron chi connectivity index (χ2n) is 5.50. The van der Waals surface area contributed by atoms with Crippen molar-refractivity contribution < 1.29 is 9.53 Å². The van der Waals surface area contributed by atoms with Gasteiger partial charge in [0.05, 0.1) is 12.0 Å². The topological polar surface area (TPSA) is 44.1 Å². The number of rotatable bonds is 5. The van der Waals surface area contributed by atoms with Crippen molar-refractivity contribution in [2.75, 3.05) is 0 Å². The van der Waals surface area contributed by atoms with Gasteiger partial charge in [0.15, 0.2) is 6.23 Å². The van der Waals surface area contributed by atoms with E-state index in [4.69, 9.17) is 4.74 Å². The second kappa shape index (κ2) is 6.60. The molecule has 0 saturated carbocycles. The highest BCUT2D eigenvalue weighted by Gasteiger charge is 2.16. The lowest BCUT2D eigenvalue weighted by Crippen LogP contribution is -2.11. The van der Waals surface area contributed by atoms with Crippen molar-refractivity contribution in [3.05, 3.63) is 65.8 Å². The molecule has 0 aliphatic heterocycles. The van der Waals surface area contributed by atoms with Crippen molar-refractivity contribution in [1.29, 1.82) is 0 Å². The standard InChI is InChI=1S/C18H22N2O2/c1-6-18(21)22-15(5)20-10-17(19-11-20)14(4)16-9-7-8-12(2)13(16)3/h6-11,14-15H,1H2,2-5H3/t14-,15?/m0/s1. The van der Waals surface area contributed by atoms with Crippen molar-refractivity contribution in [3.63, 3.8) is 0 Å². The van der Waals surface area contributed by atoms with Crippen molar-refractivity contribution in [2.45, 2.75) is 39.8 Å². The fourth-order valence-electron chi connectivity index (χ4n) is 2.45. The van der Waals surface area contributed by atoms with Crippen LogP contribution in [0.3, 0.4) is 0 Å². The first-order valence-corrected chi connectivity index (χ1v) is 7.36.